The largest absolute Gasteiger partial charge is 0.403 e. The molecule has 0 amide bonds. The molecule has 0 spiro atoms. The Morgan fingerprint density at radius 3 is 2.27 bits per heavy atom. The van der Waals surface area contributed by atoms with Crippen LogP contribution in [-0.4, -0.2) is 12.2 Å². The molecular formula is C11H14F3N. The van der Waals surface area contributed by atoms with Gasteiger partial charge in [-0.3, -0.25) is 0 Å². The molecule has 0 saturated heterocycles. The molecule has 1 aromatic carbocycles. The number of halogens is 3. The molecule has 1 aromatic rings. The van der Waals surface area contributed by atoms with Crippen molar-refractivity contribution in [3.8, 4) is 0 Å². The van der Waals surface area contributed by atoms with Crippen molar-refractivity contribution < 1.29 is 13.2 Å². The number of rotatable bonds is 4. The second-order valence-corrected chi connectivity index (χ2v) is 3.53. The number of benzene rings is 1. The number of nitrogens with two attached hydrogens (primary N) is 1. The maximum absolute atomic E-state index is 12.0. The first-order valence-electron chi connectivity index (χ1n) is 4.86. The SMILES string of the molecule is N[C@@H](CCCc1ccccc1)C(F)(F)F. The summed E-state index contributed by atoms with van der Waals surface area (Å²) in [6.07, 6.45) is -3.18. The Bertz CT molecular complexity index is 282. The molecule has 0 bridgehead atoms. The molecule has 0 aliphatic heterocycles. The highest BCUT2D eigenvalue weighted by molar-refractivity contribution is 5.14. The average Bonchev–Trinajstić information content (AvgIpc) is 2.18. The molecule has 1 rings (SSSR count). The van der Waals surface area contributed by atoms with Crippen LogP contribution in [0.15, 0.2) is 30.3 Å². The normalized spacial score (nSPS) is 13.9. The van der Waals surface area contributed by atoms with E-state index in [2.05, 4.69) is 0 Å². The van der Waals surface area contributed by atoms with Gasteiger partial charge in [-0.2, -0.15) is 13.2 Å². The van der Waals surface area contributed by atoms with Crippen LogP contribution >= 0.6 is 0 Å². The van der Waals surface area contributed by atoms with Gasteiger partial charge in [-0.15, -0.1) is 0 Å². The first-order chi connectivity index (χ1) is 7.00. The minimum atomic E-state index is -4.27. The lowest BCUT2D eigenvalue weighted by Crippen LogP contribution is -2.37. The third-order valence-corrected chi connectivity index (χ3v) is 2.24. The van der Waals surface area contributed by atoms with Crippen molar-refractivity contribution in [2.24, 2.45) is 5.73 Å². The van der Waals surface area contributed by atoms with Crippen LogP contribution in [0.2, 0.25) is 0 Å². The molecule has 1 atom stereocenters. The smallest absolute Gasteiger partial charge is 0.320 e. The molecule has 4 heteroatoms. The third kappa shape index (κ3) is 4.34. The Balaban J connectivity index is 2.28. The summed E-state index contributed by atoms with van der Waals surface area (Å²) in [6.45, 7) is 0. The summed E-state index contributed by atoms with van der Waals surface area (Å²) in [5.41, 5.74) is 6.04. The van der Waals surface area contributed by atoms with E-state index in [9.17, 15) is 13.2 Å². The fourth-order valence-electron chi connectivity index (χ4n) is 1.33. The van der Waals surface area contributed by atoms with E-state index in [1.54, 1.807) is 0 Å². The molecule has 0 unspecified atom stereocenters. The second-order valence-electron chi connectivity index (χ2n) is 3.53. The van der Waals surface area contributed by atoms with Gasteiger partial charge in [0.2, 0.25) is 0 Å². The zero-order chi connectivity index (χ0) is 11.3. The van der Waals surface area contributed by atoms with Crippen LogP contribution in [0.3, 0.4) is 0 Å². The summed E-state index contributed by atoms with van der Waals surface area (Å²) >= 11 is 0. The topological polar surface area (TPSA) is 26.0 Å². The van der Waals surface area contributed by atoms with Gasteiger partial charge >= 0.3 is 6.18 Å². The zero-order valence-electron chi connectivity index (χ0n) is 8.30. The minimum Gasteiger partial charge on any atom is -0.320 e. The van der Waals surface area contributed by atoms with E-state index in [1.807, 2.05) is 30.3 Å². The van der Waals surface area contributed by atoms with E-state index >= 15 is 0 Å². The average molecular weight is 217 g/mol. The Morgan fingerprint density at radius 1 is 1.13 bits per heavy atom. The van der Waals surface area contributed by atoms with Gasteiger partial charge in [-0.05, 0) is 24.8 Å². The monoisotopic (exact) mass is 217 g/mol. The summed E-state index contributed by atoms with van der Waals surface area (Å²) in [6, 6.07) is 7.74. The van der Waals surface area contributed by atoms with E-state index in [0.717, 1.165) is 5.56 Å². The maximum atomic E-state index is 12.0. The number of hydrogen-bond acceptors (Lipinski definition) is 1. The second kappa shape index (κ2) is 5.16. The summed E-state index contributed by atoms with van der Waals surface area (Å²) in [5.74, 6) is 0. The van der Waals surface area contributed by atoms with E-state index < -0.39 is 12.2 Å². The predicted molar refractivity (Wildman–Crippen MR) is 53.4 cm³/mol. The van der Waals surface area contributed by atoms with E-state index in [1.165, 1.54) is 0 Å². The van der Waals surface area contributed by atoms with Crippen molar-refractivity contribution >= 4 is 0 Å². The highest BCUT2D eigenvalue weighted by Crippen LogP contribution is 2.22. The molecule has 0 aliphatic rings. The molecule has 15 heavy (non-hydrogen) atoms. The van der Waals surface area contributed by atoms with E-state index in [0.29, 0.717) is 12.8 Å². The van der Waals surface area contributed by atoms with Crippen molar-refractivity contribution in [2.75, 3.05) is 0 Å². The molecule has 0 saturated carbocycles. The molecule has 0 fully saturated rings. The van der Waals surface area contributed by atoms with Gasteiger partial charge in [-0.1, -0.05) is 30.3 Å². The fourth-order valence-corrected chi connectivity index (χ4v) is 1.33. The van der Waals surface area contributed by atoms with Crippen LogP contribution in [-0.2, 0) is 6.42 Å². The Kier molecular flexibility index (Phi) is 4.15. The Morgan fingerprint density at radius 2 is 1.73 bits per heavy atom. The number of hydrogen-bond donors (Lipinski definition) is 1. The van der Waals surface area contributed by atoms with Crippen molar-refractivity contribution in [1.29, 1.82) is 0 Å². The lowest BCUT2D eigenvalue weighted by atomic mass is 10.1. The van der Waals surface area contributed by atoms with Crippen LogP contribution in [0.4, 0.5) is 13.2 Å². The predicted octanol–water partition coefficient (Wildman–Crippen LogP) is 2.90. The number of alkyl halides is 3. The van der Waals surface area contributed by atoms with Gasteiger partial charge in [0.1, 0.15) is 6.04 Å². The molecule has 0 aliphatic carbocycles. The standard InChI is InChI=1S/C11H14F3N/c12-11(13,14)10(15)8-4-7-9-5-2-1-3-6-9/h1-3,5-6,10H,4,7-8,15H2/t10-/m0/s1. The van der Waals surface area contributed by atoms with Gasteiger partial charge in [0.25, 0.3) is 0 Å². The van der Waals surface area contributed by atoms with E-state index in [4.69, 9.17) is 5.73 Å². The molecule has 0 aromatic heterocycles. The molecule has 2 N–H and O–H groups in total. The van der Waals surface area contributed by atoms with Gasteiger partial charge in [-0.25, -0.2) is 0 Å². The Hall–Kier alpha value is -1.03. The molecule has 0 heterocycles. The van der Waals surface area contributed by atoms with Crippen LogP contribution in [0, 0.1) is 0 Å². The lowest BCUT2D eigenvalue weighted by molar-refractivity contribution is -0.149. The molecule has 84 valence electrons. The highest BCUT2D eigenvalue weighted by Gasteiger charge is 2.35. The summed E-state index contributed by atoms with van der Waals surface area (Å²) in [7, 11) is 0. The first-order valence-corrected chi connectivity index (χ1v) is 4.86. The first kappa shape index (κ1) is 12.0. The maximum Gasteiger partial charge on any atom is 0.403 e. The third-order valence-electron chi connectivity index (χ3n) is 2.24. The van der Waals surface area contributed by atoms with Crippen LogP contribution in [0.5, 0.6) is 0 Å². The van der Waals surface area contributed by atoms with Gasteiger partial charge in [0, 0.05) is 0 Å². The van der Waals surface area contributed by atoms with Crippen LogP contribution in [0.25, 0.3) is 0 Å². The Labute approximate surface area is 87.1 Å². The van der Waals surface area contributed by atoms with Crippen molar-refractivity contribution in [2.45, 2.75) is 31.5 Å². The highest BCUT2D eigenvalue weighted by atomic mass is 19.4. The number of aryl methyl sites for hydroxylation is 1. The van der Waals surface area contributed by atoms with Crippen molar-refractivity contribution in [3.05, 3.63) is 35.9 Å². The van der Waals surface area contributed by atoms with Crippen LogP contribution in [0.1, 0.15) is 18.4 Å². The molecule has 1 nitrogen and oxygen atoms in total. The lowest BCUT2D eigenvalue weighted by Gasteiger charge is -2.14. The van der Waals surface area contributed by atoms with Crippen molar-refractivity contribution in [3.63, 3.8) is 0 Å². The van der Waals surface area contributed by atoms with E-state index in [-0.39, 0.29) is 6.42 Å². The molecular weight excluding hydrogens is 203 g/mol. The van der Waals surface area contributed by atoms with Crippen LogP contribution < -0.4 is 5.73 Å². The quantitative estimate of drug-likeness (QED) is 0.824. The molecule has 0 radical (unpaired) electrons. The van der Waals surface area contributed by atoms with Gasteiger partial charge < -0.3 is 5.73 Å². The summed E-state index contributed by atoms with van der Waals surface area (Å²) in [4.78, 5) is 0. The summed E-state index contributed by atoms with van der Waals surface area (Å²) < 4.78 is 36.1. The zero-order valence-corrected chi connectivity index (χ0v) is 8.30. The fraction of sp³-hybridized carbons (Fsp3) is 0.455. The van der Waals surface area contributed by atoms with Gasteiger partial charge in [0.05, 0.1) is 0 Å². The van der Waals surface area contributed by atoms with Crippen molar-refractivity contribution in [1.82, 2.24) is 0 Å². The minimum absolute atomic E-state index is 0.0155. The summed E-state index contributed by atoms with van der Waals surface area (Å²) in [5, 5.41) is 0. The van der Waals surface area contributed by atoms with Gasteiger partial charge in [0.15, 0.2) is 0 Å².